The van der Waals surface area contributed by atoms with Crippen molar-refractivity contribution in [3.8, 4) is 5.75 Å². The van der Waals surface area contributed by atoms with E-state index < -0.39 is 5.82 Å². The van der Waals surface area contributed by atoms with Crippen LogP contribution in [0, 0.1) is 11.7 Å². The van der Waals surface area contributed by atoms with E-state index in [2.05, 4.69) is 25.6 Å². The molecule has 1 saturated carbocycles. The second kappa shape index (κ2) is 9.14. The Bertz CT molecular complexity index is 1240. The van der Waals surface area contributed by atoms with Crippen molar-refractivity contribution in [3.63, 3.8) is 0 Å². The molecule has 0 saturated heterocycles. The zero-order valence-corrected chi connectivity index (χ0v) is 18.3. The summed E-state index contributed by atoms with van der Waals surface area (Å²) in [6, 6.07) is 3.26. The van der Waals surface area contributed by atoms with E-state index in [-0.39, 0.29) is 11.3 Å². The Kier molecular flexibility index (Phi) is 5.91. The Labute approximate surface area is 189 Å². The molecule has 1 aromatic heterocycles. The molecule has 172 valence electrons. The fourth-order valence-corrected chi connectivity index (χ4v) is 4.31. The van der Waals surface area contributed by atoms with Crippen LogP contribution in [0.5, 0.6) is 5.75 Å². The first kappa shape index (κ1) is 21.3. The fraction of sp³-hybridized carbons (Fsp3) is 0.391. The number of aryl methyl sites for hydroxylation is 1. The van der Waals surface area contributed by atoms with Gasteiger partial charge in [0.1, 0.15) is 17.6 Å². The van der Waals surface area contributed by atoms with E-state index in [0.717, 1.165) is 31.5 Å². The third kappa shape index (κ3) is 4.51. The number of ether oxygens (including phenoxy) is 2. The zero-order chi connectivity index (χ0) is 22.8. The molecule has 0 amide bonds. The molecule has 2 N–H and O–H groups in total. The SMILES string of the molecule is Cn1c(=O)cnc2ccc(F)c(OC[C@H]3CC[C@H](NCC4=NC=C5OC=CN=C5N4)CC3)c21. The molecule has 0 radical (unpaired) electrons. The second-order valence-electron chi connectivity index (χ2n) is 8.38. The summed E-state index contributed by atoms with van der Waals surface area (Å²) >= 11 is 0. The van der Waals surface area contributed by atoms with Gasteiger partial charge < -0.3 is 24.7 Å². The Balaban J connectivity index is 1.14. The van der Waals surface area contributed by atoms with Crippen LogP contribution in [0.1, 0.15) is 25.7 Å². The van der Waals surface area contributed by atoms with Crippen molar-refractivity contribution in [2.75, 3.05) is 13.2 Å². The maximum Gasteiger partial charge on any atom is 0.269 e. The molecule has 1 aromatic carbocycles. The highest BCUT2D eigenvalue weighted by atomic mass is 19.1. The third-order valence-electron chi connectivity index (χ3n) is 6.20. The fourth-order valence-electron chi connectivity index (χ4n) is 4.31. The Morgan fingerprint density at radius 1 is 1.27 bits per heavy atom. The summed E-state index contributed by atoms with van der Waals surface area (Å²) in [5.41, 5.74) is 0.622. The van der Waals surface area contributed by atoms with Crippen molar-refractivity contribution in [1.29, 1.82) is 0 Å². The zero-order valence-electron chi connectivity index (χ0n) is 18.3. The lowest BCUT2D eigenvalue weighted by atomic mass is 9.86. The number of nitrogens with one attached hydrogen (secondary N) is 2. The molecule has 0 unspecified atom stereocenters. The predicted molar refractivity (Wildman–Crippen MR) is 122 cm³/mol. The van der Waals surface area contributed by atoms with Gasteiger partial charge in [-0.3, -0.25) is 4.79 Å². The van der Waals surface area contributed by atoms with E-state index in [0.29, 0.717) is 47.7 Å². The van der Waals surface area contributed by atoms with E-state index >= 15 is 0 Å². The minimum absolute atomic E-state index is 0.0960. The summed E-state index contributed by atoms with van der Waals surface area (Å²) in [6.45, 7) is 1.02. The van der Waals surface area contributed by atoms with Crippen LogP contribution < -0.4 is 20.9 Å². The van der Waals surface area contributed by atoms with Gasteiger partial charge in [0, 0.05) is 13.1 Å². The topological polar surface area (TPSA) is 102 Å². The first-order chi connectivity index (χ1) is 16.1. The largest absolute Gasteiger partial charge is 0.488 e. The molecule has 1 aliphatic carbocycles. The quantitative estimate of drug-likeness (QED) is 0.698. The van der Waals surface area contributed by atoms with Gasteiger partial charge in [-0.05, 0) is 43.7 Å². The van der Waals surface area contributed by atoms with Crippen LogP contribution in [0.15, 0.2) is 57.5 Å². The summed E-state index contributed by atoms with van der Waals surface area (Å²) in [5.74, 6) is 2.01. The van der Waals surface area contributed by atoms with Crippen LogP contribution in [-0.2, 0) is 11.8 Å². The number of benzene rings is 1. The van der Waals surface area contributed by atoms with Crippen molar-refractivity contribution in [3.05, 3.63) is 58.9 Å². The van der Waals surface area contributed by atoms with Gasteiger partial charge in [-0.2, -0.15) is 0 Å². The molecule has 2 aliphatic heterocycles. The summed E-state index contributed by atoms with van der Waals surface area (Å²) in [6.07, 6.45) is 9.94. The van der Waals surface area contributed by atoms with Crippen molar-refractivity contribution in [2.24, 2.45) is 23.0 Å². The number of nitrogens with zero attached hydrogens (tertiary/aromatic N) is 4. The van der Waals surface area contributed by atoms with Crippen LogP contribution in [0.4, 0.5) is 4.39 Å². The molecule has 3 aliphatic rings. The molecular weight excluding hydrogens is 427 g/mol. The van der Waals surface area contributed by atoms with Gasteiger partial charge in [-0.1, -0.05) is 0 Å². The first-order valence-corrected chi connectivity index (χ1v) is 11.0. The van der Waals surface area contributed by atoms with Crippen LogP contribution in [0.25, 0.3) is 11.0 Å². The van der Waals surface area contributed by atoms with Gasteiger partial charge in [-0.15, -0.1) is 0 Å². The van der Waals surface area contributed by atoms with E-state index in [1.54, 1.807) is 25.5 Å². The van der Waals surface area contributed by atoms with Gasteiger partial charge in [0.2, 0.25) is 0 Å². The minimum atomic E-state index is -0.484. The van der Waals surface area contributed by atoms with Gasteiger partial charge in [0.25, 0.3) is 5.56 Å². The van der Waals surface area contributed by atoms with E-state index in [1.807, 2.05) is 0 Å². The summed E-state index contributed by atoms with van der Waals surface area (Å²) in [4.78, 5) is 24.7. The smallest absolute Gasteiger partial charge is 0.269 e. The number of amidine groups is 2. The number of fused-ring (bicyclic) bond motifs is 2. The molecule has 0 atom stereocenters. The number of halogens is 1. The lowest BCUT2D eigenvalue weighted by molar-refractivity contribution is 0.189. The Hall–Kier alpha value is -3.53. The number of hydrogen-bond acceptors (Lipinski definition) is 8. The maximum atomic E-state index is 14.5. The van der Waals surface area contributed by atoms with E-state index in [9.17, 15) is 9.18 Å². The number of aliphatic imine (C=N–C) groups is 2. The molecule has 2 aromatic rings. The van der Waals surface area contributed by atoms with Gasteiger partial charge >= 0.3 is 0 Å². The lowest BCUT2D eigenvalue weighted by Gasteiger charge is -2.30. The van der Waals surface area contributed by atoms with Crippen LogP contribution in [0.3, 0.4) is 0 Å². The molecule has 5 rings (SSSR count). The van der Waals surface area contributed by atoms with E-state index in [4.69, 9.17) is 9.47 Å². The normalized spacial score (nSPS) is 21.9. The molecular formula is C23H25FN6O3. The average molecular weight is 452 g/mol. The molecule has 9 nitrogen and oxygen atoms in total. The van der Waals surface area contributed by atoms with Gasteiger partial charge in [-0.25, -0.2) is 19.4 Å². The van der Waals surface area contributed by atoms with Crippen molar-refractivity contribution >= 4 is 22.7 Å². The highest BCUT2D eigenvalue weighted by Crippen LogP contribution is 2.30. The second-order valence-corrected chi connectivity index (χ2v) is 8.38. The predicted octanol–water partition coefficient (Wildman–Crippen LogP) is 2.34. The third-order valence-corrected chi connectivity index (χ3v) is 6.20. The van der Waals surface area contributed by atoms with Gasteiger partial charge in [0.05, 0.1) is 37.3 Å². The summed E-state index contributed by atoms with van der Waals surface area (Å²) in [5, 5.41) is 6.72. The monoisotopic (exact) mass is 452 g/mol. The van der Waals surface area contributed by atoms with Gasteiger partial charge in [0.15, 0.2) is 23.2 Å². The molecule has 33 heavy (non-hydrogen) atoms. The first-order valence-electron chi connectivity index (χ1n) is 11.0. The standard InChI is InChI=1S/C23H25FN6O3/c1-30-20(31)12-27-17-7-6-16(24)22(21(17)30)33-13-14-2-4-15(5-3-14)26-11-19-28-10-18-23(29-19)25-8-9-32-18/h6-10,12,14-15,26H,2-5,11,13H2,1H3,(H,25,28,29)/t14-,15-. The van der Waals surface area contributed by atoms with Crippen LogP contribution >= 0.6 is 0 Å². The maximum absolute atomic E-state index is 14.5. The lowest BCUT2D eigenvalue weighted by Crippen LogP contribution is -2.44. The van der Waals surface area contributed by atoms with Crippen LogP contribution in [0.2, 0.25) is 0 Å². The molecule has 0 bridgehead atoms. The molecule has 0 spiro atoms. The Morgan fingerprint density at radius 2 is 2.12 bits per heavy atom. The number of aromatic nitrogens is 2. The molecule has 3 heterocycles. The average Bonchev–Trinajstić information content (AvgIpc) is 2.85. The molecule has 1 fully saturated rings. The van der Waals surface area contributed by atoms with Crippen LogP contribution in [-0.4, -0.2) is 40.4 Å². The number of hydrogen-bond donors (Lipinski definition) is 2. The molecule has 10 heteroatoms. The summed E-state index contributed by atoms with van der Waals surface area (Å²) < 4.78 is 27.1. The minimum Gasteiger partial charge on any atom is -0.488 e. The Morgan fingerprint density at radius 3 is 2.97 bits per heavy atom. The van der Waals surface area contributed by atoms with Crippen molar-refractivity contribution in [1.82, 2.24) is 20.2 Å². The highest BCUT2D eigenvalue weighted by Gasteiger charge is 2.24. The van der Waals surface area contributed by atoms with Crippen molar-refractivity contribution in [2.45, 2.75) is 31.7 Å². The van der Waals surface area contributed by atoms with E-state index in [1.165, 1.54) is 23.1 Å². The van der Waals surface area contributed by atoms with Crippen molar-refractivity contribution < 1.29 is 13.9 Å². The highest BCUT2D eigenvalue weighted by molar-refractivity contribution is 6.11. The number of rotatable bonds is 6. The summed E-state index contributed by atoms with van der Waals surface area (Å²) in [7, 11) is 1.60.